The van der Waals surface area contributed by atoms with Gasteiger partial charge in [0.1, 0.15) is 30.2 Å². The van der Waals surface area contributed by atoms with Gasteiger partial charge in [0.25, 0.3) is 0 Å². The van der Waals surface area contributed by atoms with Gasteiger partial charge in [0.15, 0.2) is 0 Å². The molecule has 0 aromatic rings. The Morgan fingerprint density at radius 3 is 2.57 bits per heavy atom. The fourth-order valence-electron chi connectivity index (χ4n) is 3.12. The van der Waals surface area contributed by atoms with Gasteiger partial charge < -0.3 is 29.9 Å². The first-order chi connectivity index (χ1) is 10.8. The van der Waals surface area contributed by atoms with E-state index in [1.54, 1.807) is 6.92 Å². The van der Waals surface area contributed by atoms with Crippen LogP contribution in [0.5, 0.6) is 0 Å². The molecule has 1 saturated carbocycles. The molecule has 7 heteroatoms. The smallest absolute Gasteiger partial charge is 0.228 e. The van der Waals surface area contributed by atoms with E-state index in [-0.39, 0.29) is 11.7 Å². The average Bonchev–Trinajstić information content (AvgIpc) is 2.51. The van der Waals surface area contributed by atoms with Gasteiger partial charge in [-0.1, -0.05) is 6.92 Å². The summed E-state index contributed by atoms with van der Waals surface area (Å²) in [6.45, 7) is 3.33. The predicted molar refractivity (Wildman–Crippen MR) is 80.1 cm³/mol. The van der Waals surface area contributed by atoms with Crippen molar-refractivity contribution in [3.05, 3.63) is 11.8 Å². The Morgan fingerprint density at radius 1 is 1.26 bits per heavy atom. The van der Waals surface area contributed by atoms with Crippen LogP contribution in [0.1, 0.15) is 33.1 Å². The summed E-state index contributed by atoms with van der Waals surface area (Å²) in [6, 6.07) is 0. The molecule has 23 heavy (non-hydrogen) atoms. The van der Waals surface area contributed by atoms with Crippen LogP contribution in [-0.2, 0) is 14.3 Å². The second kappa shape index (κ2) is 7.72. The molecular weight excluding hydrogens is 304 g/mol. The number of Topliss-reactive ketones (excluding diaryl/α,β-unsaturated/α-hetero) is 1. The normalized spacial score (nSPS) is 42.6. The highest BCUT2D eigenvalue weighted by Gasteiger charge is 2.44. The molecule has 7 nitrogen and oxygen atoms in total. The van der Waals surface area contributed by atoms with Gasteiger partial charge in [-0.25, -0.2) is 0 Å². The zero-order valence-corrected chi connectivity index (χ0v) is 13.5. The minimum absolute atomic E-state index is 0.176. The molecule has 0 aromatic carbocycles. The van der Waals surface area contributed by atoms with Crippen LogP contribution in [0.4, 0.5) is 0 Å². The van der Waals surface area contributed by atoms with Gasteiger partial charge in [-0.2, -0.15) is 0 Å². The minimum Gasteiger partial charge on any atom is -0.470 e. The van der Waals surface area contributed by atoms with Crippen LogP contribution in [0.3, 0.4) is 0 Å². The molecule has 132 valence electrons. The zero-order valence-electron chi connectivity index (χ0n) is 13.5. The highest BCUT2D eigenvalue weighted by Crippen LogP contribution is 2.31. The van der Waals surface area contributed by atoms with Crippen molar-refractivity contribution in [2.75, 3.05) is 6.61 Å². The van der Waals surface area contributed by atoms with E-state index in [1.807, 2.05) is 0 Å². The van der Waals surface area contributed by atoms with Crippen molar-refractivity contribution in [1.82, 2.24) is 0 Å². The number of allylic oxidation sites excluding steroid dienone is 1. The van der Waals surface area contributed by atoms with Crippen molar-refractivity contribution in [2.24, 2.45) is 11.8 Å². The van der Waals surface area contributed by atoms with E-state index in [4.69, 9.17) is 14.6 Å². The maximum Gasteiger partial charge on any atom is 0.228 e. The number of carbonyl (C=O) groups is 1. The van der Waals surface area contributed by atoms with E-state index in [1.165, 1.54) is 6.26 Å². The molecule has 1 aliphatic heterocycles. The molecule has 1 aliphatic carbocycles. The Bertz CT molecular complexity index is 448. The van der Waals surface area contributed by atoms with Crippen molar-refractivity contribution in [1.29, 1.82) is 0 Å². The standard InChI is InChI=1S/C16H26O7/c1-8-3-4-10(11(18)5-8)9(2)7-22-16-15(21)14(20)13(19)12(6-17)23-16/h7-8,10,12-17,19-21H,3-6H2,1-2H3/b9-7+/t8?,10?,12-,13+,14-,15-,16+/m0/s1. The van der Waals surface area contributed by atoms with Gasteiger partial charge in [0.05, 0.1) is 12.9 Å². The Morgan fingerprint density at radius 2 is 1.96 bits per heavy atom. The van der Waals surface area contributed by atoms with Gasteiger partial charge >= 0.3 is 0 Å². The average molecular weight is 330 g/mol. The first kappa shape index (κ1) is 18.4. The van der Waals surface area contributed by atoms with Crippen LogP contribution in [-0.4, -0.2) is 63.5 Å². The van der Waals surface area contributed by atoms with Gasteiger partial charge in [0.2, 0.25) is 6.29 Å². The number of hydrogen-bond acceptors (Lipinski definition) is 7. The topological polar surface area (TPSA) is 116 Å². The number of hydrogen-bond donors (Lipinski definition) is 4. The van der Waals surface area contributed by atoms with Crippen LogP contribution < -0.4 is 0 Å². The van der Waals surface area contributed by atoms with Gasteiger partial charge in [0, 0.05) is 12.3 Å². The second-order valence-electron chi connectivity index (χ2n) is 6.60. The van der Waals surface area contributed by atoms with Crippen molar-refractivity contribution < 1.29 is 34.7 Å². The molecule has 2 fully saturated rings. The SMILES string of the molecule is C/C(=C\O[C@@H]1O[C@@H](CO)[C@@H](O)[C@H](O)[C@@H]1O)C1CCC(C)CC1=O. The quantitative estimate of drug-likeness (QED) is 0.523. The summed E-state index contributed by atoms with van der Waals surface area (Å²) >= 11 is 0. The highest BCUT2D eigenvalue weighted by atomic mass is 16.7. The number of aliphatic hydroxyl groups excluding tert-OH is 4. The number of ketones is 1. The molecule has 0 amide bonds. The molecule has 4 N–H and O–H groups in total. The van der Waals surface area contributed by atoms with Gasteiger partial charge in [-0.15, -0.1) is 0 Å². The molecule has 0 aromatic heterocycles. The lowest BCUT2D eigenvalue weighted by atomic mass is 9.79. The lowest BCUT2D eigenvalue weighted by molar-refractivity contribution is -0.288. The monoisotopic (exact) mass is 330 g/mol. The van der Waals surface area contributed by atoms with Gasteiger partial charge in [-0.3, -0.25) is 4.79 Å². The largest absolute Gasteiger partial charge is 0.470 e. The third kappa shape index (κ3) is 4.10. The molecule has 2 aliphatic rings. The third-order valence-electron chi connectivity index (χ3n) is 4.67. The Labute approximate surface area is 135 Å². The summed E-state index contributed by atoms with van der Waals surface area (Å²) in [4.78, 5) is 12.1. The fourth-order valence-corrected chi connectivity index (χ4v) is 3.12. The lowest BCUT2D eigenvalue weighted by Crippen LogP contribution is -2.58. The van der Waals surface area contributed by atoms with Crippen LogP contribution in [0.25, 0.3) is 0 Å². The summed E-state index contributed by atoms with van der Waals surface area (Å²) < 4.78 is 10.6. The van der Waals surface area contributed by atoms with Crippen LogP contribution in [0.15, 0.2) is 11.8 Å². The number of aliphatic hydroxyl groups is 4. The van der Waals surface area contributed by atoms with Gasteiger partial charge in [-0.05, 0) is 31.3 Å². The molecule has 0 radical (unpaired) electrons. The molecule has 2 rings (SSSR count). The number of rotatable bonds is 4. The van der Waals surface area contributed by atoms with Crippen LogP contribution >= 0.6 is 0 Å². The summed E-state index contributed by atoms with van der Waals surface area (Å²) in [5.41, 5.74) is 0.735. The minimum atomic E-state index is -1.48. The summed E-state index contributed by atoms with van der Waals surface area (Å²) in [6.07, 6.45) is -2.90. The van der Waals surface area contributed by atoms with Crippen molar-refractivity contribution >= 4 is 5.78 Å². The number of carbonyl (C=O) groups excluding carboxylic acids is 1. The van der Waals surface area contributed by atoms with E-state index in [2.05, 4.69) is 6.92 Å². The summed E-state index contributed by atoms with van der Waals surface area (Å²) in [5.74, 6) is 0.379. The van der Waals surface area contributed by atoms with Crippen LogP contribution in [0, 0.1) is 11.8 Å². The molecule has 2 unspecified atom stereocenters. The van der Waals surface area contributed by atoms with Crippen molar-refractivity contribution in [3.63, 3.8) is 0 Å². The Hall–Kier alpha value is -0.990. The van der Waals surface area contributed by atoms with E-state index in [0.717, 1.165) is 18.4 Å². The van der Waals surface area contributed by atoms with E-state index >= 15 is 0 Å². The molecule has 1 heterocycles. The molecule has 0 bridgehead atoms. The molecule has 7 atom stereocenters. The van der Waals surface area contributed by atoms with E-state index in [0.29, 0.717) is 12.3 Å². The second-order valence-corrected chi connectivity index (χ2v) is 6.60. The number of ether oxygens (including phenoxy) is 2. The summed E-state index contributed by atoms with van der Waals surface area (Å²) in [5, 5.41) is 38.4. The predicted octanol–water partition coefficient (Wildman–Crippen LogP) is -0.288. The Kier molecular flexibility index (Phi) is 6.16. The fraction of sp³-hybridized carbons (Fsp3) is 0.812. The Balaban J connectivity index is 1.99. The molecule has 0 spiro atoms. The zero-order chi connectivity index (χ0) is 17.1. The third-order valence-corrected chi connectivity index (χ3v) is 4.67. The van der Waals surface area contributed by atoms with E-state index in [9.17, 15) is 20.1 Å². The molecular formula is C16H26O7. The van der Waals surface area contributed by atoms with E-state index < -0.39 is 37.3 Å². The maximum atomic E-state index is 12.1. The first-order valence-electron chi connectivity index (χ1n) is 8.00. The highest BCUT2D eigenvalue weighted by molar-refractivity contribution is 5.84. The van der Waals surface area contributed by atoms with Crippen LogP contribution in [0.2, 0.25) is 0 Å². The maximum absolute atomic E-state index is 12.1. The first-order valence-corrected chi connectivity index (χ1v) is 8.00. The molecule has 1 saturated heterocycles. The summed E-state index contributed by atoms with van der Waals surface area (Å²) in [7, 11) is 0. The van der Waals surface area contributed by atoms with Crippen molar-refractivity contribution in [2.45, 2.75) is 63.8 Å². The lowest BCUT2D eigenvalue weighted by Gasteiger charge is -2.39. The van der Waals surface area contributed by atoms with Crippen molar-refractivity contribution in [3.8, 4) is 0 Å².